The number of hydrogen-bond donors (Lipinski definition) is 0. The van der Waals surface area contributed by atoms with Crippen LogP contribution in [0.3, 0.4) is 0 Å². The van der Waals surface area contributed by atoms with Gasteiger partial charge < -0.3 is 8.37 Å². The first kappa shape index (κ1) is 19.6. The zero-order chi connectivity index (χ0) is 22.4. The Bertz CT molecular complexity index is 1660. The van der Waals surface area contributed by atoms with Crippen molar-refractivity contribution in [3.63, 3.8) is 0 Å². The van der Waals surface area contributed by atoms with Gasteiger partial charge in [-0.05, 0) is 67.4 Å². The minimum Gasteiger partial charge on any atom is -0.353 e. The summed E-state index contributed by atoms with van der Waals surface area (Å²) in [5, 5.41) is 8.03. The summed E-state index contributed by atoms with van der Waals surface area (Å²) in [5.41, 5.74) is 0. The van der Waals surface area contributed by atoms with E-state index in [9.17, 15) is 8.42 Å². The summed E-state index contributed by atoms with van der Waals surface area (Å²) < 4.78 is 36.1. The summed E-state index contributed by atoms with van der Waals surface area (Å²) in [4.78, 5) is 0. The Kier molecular flexibility index (Phi) is 4.45. The zero-order valence-corrected chi connectivity index (χ0v) is 18.3. The molecule has 5 heteroatoms. The van der Waals surface area contributed by atoms with Gasteiger partial charge >= 0.3 is 10.4 Å². The van der Waals surface area contributed by atoms with Crippen molar-refractivity contribution in [3.8, 4) is 11.5 Å². The Morgan fingerprint density at radius 2 is 0.788 bits per heavy atom. The molecule has 0 spiro atoms. The Labute approximate surface area is 190 Å². The lowest BCUT2D eigenvalue weighted by molar-refractivity contribution is 0.393. The van der Waals surface area contributed by atoms with Gasteiger partial charge in [0.15, 0.2) is 0 Å². The van der Waals surface area contributed by atoms with Crippen molar-refractivity contribution in [1.82, 2.24) is 0 Å². The number of benzene rings is 6. The van der Waals surface area contributed by atoms with Gasteiger partial charge in [-0.3, -0.25) is 0 Å². The predicted molar refractivity (Wildman–Crippen MR) is 133 cm³/mol. The molecule has 33 heavy (non-hydrogen) atoms. The maximum Gasteiger partial charge on any atom is 0.500 e. The molecule has 0 aliphatic heterocycles. The highest BCUT2D eigenvalue weighted by atomic mass is 32.3. The molecule has 6 aromatic carbocycles. The summed E-state index contributed by atoms with van der Waals surface area (Å²) in [6.45, 7) is 0. The van der Waals surface area contributed by atoms with E-state index in [-0.39, 0.29) is 11.5 Å². The van der Waals surface area contributed by atoms with Crippen LogP contribution < -0.4 is 8.37 Å². The molecule has 0 unspecified atom stereocenters. The molecular formula is C28H18O4S. The third kappa shape index (κ3) is 3.62. The minimum absolute atomic E-state index is 0.199. The molecule has 6 rings (SSSR count). The molecule has 4 nitrogen and oxygen atoms in total. The van der Waals surface area contributed by atoms with Crippen molar-refractivity contribution in [2.45, 2.75) is 0 Å². The van der Waals surface area contributed by atoms with Crippen LogP contribution in [0.5, 0.6) is 11.5 Å². The second-order valence-corrected chi connectivity index (χ2v) is 9.06. The summed E-state index contributed by atoms with van der Waals surface area (Å²) in [6, 6.07) is 34.4. The smallest absolute Gasteiger partial charge is 0.353 e. The number of fused-ring (bicyclic) bond motifs is 6. The van der Waals surface area contributed by atoms with Crippen LogP contribution in [0.4, 0.5) is 0 Å². The van der Waals surface area contributed by atoms with Gasteiger partial charge in [0, 0.05) is 0 Å². The predicted octanol–water partition coefficient (Wildman–Crippen LogP) is 7.00. The van der Waals surface area contributed by atoms with Crippen molar-refractivity contribution in [3.05, 3.63) is 109 Å². The van der Waals surface area contributed by atoms with Crippen molar-refractivity contribution < 1.29 is 16.8 Å². The molecule has 0 fully saturated rings. The first-order chi connectivity index (χ1) is 16.1. The third-order valence-corrected chi connectivity index (χ3v) is 6.63. The fourth-order valence-electron chi connectivity index (χ4n) is 4.32. The molecule has 6 aromatic rings. The monoisotopic (exact) mass is 450 g/mol. The van der Waals surface area contributed by atoms with Gasteiger partial charge in [0.2, 0.25) is 0 Å². The van der Waals surface area contributed by atoms with Crippen LogP contribution in [-0.4, -0.2) is 8.42 Å². The molecule has 0 saturated carbocycles. The summed E-state index contributed by atoms with van der Waals surface area (Å²) in [5.74, 6) is 0.398. The molecule has 0 aromatic heterocycles. The van der Waals surface area contributed by atoms with E-state index in [0.29, 0.717) is 0 Å². The SMILES string of the molecule is O=S(=O)(Oc1ccc2ccc3ccccc3c2c1)Oc1ccc2ccc3ccccc3c2c1. The Morgan fingerprint density at radius 1 is 0.424 bits per heavy atom. The minimum atomic E-state index is -4.33. The maximum atomic E-state index is 12.7. The molecular weight excluding hydrogens is 432 g/mol. The molecule has 0 aliphatic rings. The van der Waals surface area contributed by atoms with Gasteiger partial charge in [-0.15, -0.1) is 8.42 Å². The van der Waals surface area contributed by atoms with Gasteiger partial charge in [0.1, 0.15) is 11.5 Å². The van der Waals surface area contributed by atoms with Crippen LogP contribution >= 0.6 is 0 Å². The van der Waals surface area contributed by atoms with Gasteiger partial charge in [-0.2, -0.15) is 0 Å². The lowest BCUT2D eigenvalue weighted by Gasteiger charge is -2.11. The molecule has 0 heterocycles. The topological polar surface area (TPSA) is 52.6 Å². The van der Waals surface area contributed by atoms with E-state index in [2.05, 4.69) is 0 Å². The summed E-state index contributed by atoms with van der Waals surface area (Å²) in [7, 11) is -4.33. The fraction of sp³-hybridized carbons (Fsp3) is 0. The van der Waals surface area contributed by atoms with Gasteiger partial charge in [-0.1, -0.05) is 84.9 Å². The Hall–Kier alpha value is -4.09. The Balaban J connectivity index is 1.35. The summed E-state index contributed by atoms with van der Waals surface area (Å²) in [6.07, 6.45) is 0. The number of rotatable bonds is 4. The zero-order valence-electron chi connectivity index (χ0n) is 17.4. The molecule has 0 amide bonds. The van der Waals surface area contributed by atoms with Crippen LogP contribution in [-0.2, 0) is 10.4 Å². The van der Waals surface area contributed by atoms with Gasteiger partial charge in [0.25, 0.3) is 0 Å². The molecule has 0 bridgehead atoms. The van der Waals surface area contributed by atoms with Gasteiger partial charge in [0.05, 0.1) is 0 Å². The molecule has 0 saturated heterocycles. The van der Waals surface area contributed by atoms with Crippen LogP contribution in [0.15, 0.2) is 109 Å². The molecule has 0 atom stereocenters. The fourth-order valence-corrected chi connectivity index (χ4v) is 5.03. The first-order valence-corrected chi connectivity index (χ1v) is 11.9. The van der Waals surface area contributed by atoms with Crippen LogP contribution in [0.25, 0.3) is 43.1 Å². The standard InChI is InChI=1S/C28H18O4S/c29-33(30,31-23-15-13-21-11-9-19-5-1-3-7-25(19)27(21)17-23)32-24-16-14-22-12-10-20-6-2-4-8-26(20)28(22)18-24/h1-18H. The average Bonchev–Trinajstić information content (AvgIpc) is 2.83. The van der Waals surface area contributed by atoms with Crippen LogP contribution in [0.2, 0.25) is 0 Å². The van der Waals surface area contributed by atoms with E-state index in [0.717, 1.165) is 43.1 Å². The van der Waals surface area contributed by atoms with E-state index < -0.39 is 10.4 Å². The average molecular weight is 451 g/mol. The first-order valence-electron chi connectivity index (χ1n) is 10.5. The highest BCUT2D eigenvalue weighted by Crippen LogP contribution is 2.31. The highest BCUT2D eigenvalue weighted by Gasteiger charge is 2.17. The van der Waals surface area contributed by atoms with Crippen molar-refractivity contribution >= 4 is 53.5 Å². The van der Waals surface area contributed by atoms with E-state index in [1.165, 1.54) is 0 Å². The normalized spacial score (nSPS) is 11.9. The second kappa shape index (κ2) is 7.50. The van der Waals surface area contributed by atoms with Crippen LogP contribution in [0, 0.1) is 0 Å². The lowest BCUT2D eigenvalue weighted by atomic mass is 10.0. The van der Waals surface area contributed by atoms with E-state index in [4.69, 9.17) is 8.37 Å². The molecule has 160 valence electrons. The van der Waals surface area contributed by atoms with E-state index >= 15 is 0 Å². The molecule has 0 aliphatic carbocycles. The van der Waals surface area contributed by atoms with Gasteiger partial charge in [-0.25, -0.2) is 0 Å². The quantitative estimate of drug-likeness (QED) is 0.271. The number of hydrogen-bond acceptors (Lipinski definition) is 4. The van der Waals surface area contributed by atoms with E-state index in [1.807, 2.05) is 84.9 Å². The summed E-state index contributed by atoms with van der Waals surface area (Å²) >= 11 is 0. The molecule has 0 N–H and O–H groups in total. The van der Waals surface area contributed by atoms with Crippen molar-refractivity contribution in [1.29, 1.82) is 0 Å². The largest absolute Gasteiger partial charge is 0.500 e. The maximum absolute atomic E-state index is 12.7. The van der Waals surface area contributed by atoms with E-state index in [1.54, 1.807) is 24.3 Å². The van der Waals surface area contributed by atoms with Crippen LogP contribution in [0.1, 0.15) is 0 Å². The lowest BCUT2D eigenvalue weighted by Crippen LogP contribution is -2.16. The third-order valence-electron chi connectivity index (χ3n) is 5.83. The second-order valence-electron chi connectivity index (χ2n) is 7.91. The van der Waals surface area contributed by atoms with Crippen molar-refractivity contribution in [2.75, 3.05) is 0 Å². The highest BCUT2D eigenvalue weighted by molar-refractivity contribution is 7.82. The molecule has 0 radical (unpaired) electrons. The Morgan fingerprint density at radius 3 is 1.24 bits per heavy atom. The van der Waals surface area contributed by atoms with Crippen molar-refractivity contribution in [2.24, 2.45) is 0 Å².